The van der Waals surface area contributed by atoms with Gasteiger partial charge in [0.25, 0.3) is 5.91 Å². The highest BCUT2D eigenvalue weighted by molar-refractivity contribution is 6.39. The van der Waals surface area contributed by atoms with Crippen LogP contribution in [0, 0.1) is 0 Å². The van der Waals surface area contributed by atoms with Crippen molar-refractivity contribution in [2.24, 2.45) is 0 Å². The first-order chi connectivity index (χ1) is 15.4. The maximum atomic E-state index is 12.5. The summed E-state index contributed by atoms with van der Waals surface area (Å²) in [7, 11) is 1.87. The highest BCUT2D eigenvalue weighted by atomic mass is 35.5. The lowest BCUT2D eigenvalue weighted by molar-refractivity contribution is -0.139. The minimum absolute atomic E-state index is 0.0492. The molecule has 0 aliphatic carbocycles. The third-order valence-electron chi connectivity index (χ3n) is 4.61. The molecule has 32 heavy (non-hydrogen) atoms. The molecule has 0 spiro atoms. The molecule has 3 aromatic rings. The van der Waals surface area contributed by atoms with Gasteiger partial charge in [0.15, 0.2) is 0 Å². The lowest BCUT2D eigenvalue weighted by Gasteiger charge is -2.16. The number of carboxylic acids is 1. The fraction of sp³-hybridized carbons (Fsp3) is 0.130. The number of halogens is 2. The van der Waals surface area contributed by atoms with Crippen molar-refractivity contribution in [3.63, 3.8) is 0 Å². The molecule has 0 fully saturated rings. The molecule has 2 N–H and O–H groups in total. The summed E-state index contributed by atoms with van der Waals surface area (Å²) >= 11 is 12.1. The van der Waals surface area contributed by atoms with Gasteiger partial charge >= 0.3 is 5.97 Å². The smallest absolute Gasteiger partial charge is 0.326 e. The van der Waals surface area contributed by atoms with Gasteiger partial charge in [0.05, 0.1) is 15.6 Å². The molecule has 1 atom stereocenters. The lowest BCUT2D eigenvalue weighted by Crippen LogP contribution is -2.40. The lowest BCUT2D eigenvalue weighted by atomic mass is 10.1. The first kappa shape index (κ1) is 23.2. The van der Waals surface area contributed by atoms with Crippen molar-refractivity contribution >= 4 is 52.8 Å². The maximum absolute atomic E-state index is 12.5. The monoisotopic (exact) mass is 470 g/mol. The number of nitrogens with zero attached hydrogens (tertiary/aromatic N) is 3. The Morgan fingerprint density at radius 2 is 1.69 bits per heavy atom. The molecule has 0 radical (unpaired) electrons. The summed E-state index contributed by atoms with van der Waals surface area (Å²) in [5, 5.41) is 12.2. The Balaban J connectivity index is 1.64. The number of amides is 1. The third-order valence-corrected chi connectivity index (χ3v) is 5.24. The number of hydrogen-bond donors (Lipinski definition) is 2. The molecule has 0 saturated heterocycles. The summed E-state index contributed by atoms with van der Waals surface area (Å²) in [4.78, 5) is 34.3. The van der Waals surface area contributed by atoms with E-state index in [-0.39, 0.29) is 22.0 Å². The number of hydrogen-bond acceptors (Lipinski definition) is 5. The first-order valence-electron chi connectivity index (χ1n) is 9.62. The highest BCUT2D eigenvalue weighted by Gasteiger charge is 2.22. The van der Waals surface area contributed by atoms with Crippen LogP contribution in [0.2, 0.25) is 10.0 Å². The van der Waals surface area contributed by atoms with E-state index >= 15 is 0 Å². The molecule has 0 unspecified atom stereocenters. The summed E-state index contributed by atoms with van der Waals surface area (Å²) in [5.74, 6) is -1.22. The molecule has 0 bridgehead atoms. The van der Waals surface area contributed by atoms with Crippen LogP contribution in [0.3, 0.4) is 0 Å². The van der Waals surface area contributed by atoms with Gasteiger partial charge in [-0.15, -0.1) is 0 Å². The van der Waals surface area contributed by atoms with Crippen molar-refractivity contribution in [1.82, 2.24) is 15.3 Å². The predicted molar refractivity (Wildman–Crippen MR) is 126 cm³/mol. The predicted octanol–water partition coefficient (Wildman–Crippen LogP) is 4.84. The summed E-state index contributed by atoms with van der Waals surface area (Å²) < 4.78 is 0. The molecule has 7 nitrogen and oxygen atoms in total. The van der Waals surface area contributed by atoms with Crippen LogP contribution in [0.5, 0.6) is 0 Å². The molecule has 1 heterocycles. The second kappa shape index (κ2) is 10.7. The van der Waals surface area contributed by atoms with Crippen molar-refractivity contribution in [3.05, 3.63) is 88.2 Å². The van der Waals surface area contributed by atoms with Crippen LogP contribution in [0.25, 0.3) is 6.08 Å². The molecule has 0 aliphatic heterocycles. The third kappa shape index (κ3) is 5.84. The summed E-state index contributed by atoms with van der Waals surface area (Å²) in [6.45, 7) is 0. The van der Waals surface area contributed by atoms with Crippen LogP contribution >= 0.6 is 23.2 Å². The SMILES string of the molecule is CN(c1ccc(C=CC[C@H](NC(=O)c2c(Cl)cccc2Cl)C(=O)O)cc1)c1ncccn1. The minimum atomic E-state index is -1.16. The molecule has 1 amide bonds. The second-order valence-electron chi connectivity index (χ2n) is 6.80. The molecule has 3 rings (SSSR count). The number of rotatable bonds is 8. The Labute approximate surface area is 195 Å². The highest BCUT2D eigenvalue weighted by Crippen LogP contribution is 2.24. The van der Waals surface area contributed by atoms with Gasteiger partial charge in [-0.1, -0.05) is 53.6 Å². The van der Waals surface area contributed by atoms with E-state index in [4.69, 9.17) is 23.2 Å². The Bertz CT molecular complexity index is 1100. The van der Waals surface area contributed by atoms with Gasteiger partial charge in [-0.05, 0) is 42.3 Å². The van der Waals surface area contributed by atoms with Crippen LogP contribution in [0.15, 0.2) is 67.0 Å². The molecule has 164 valence electrons. The first-order valence-corrected chi connectivity index (χ1v) is 10.4. The van der Waals surface area contributed by atoms with E-state index in [2.05, 4.69) is 15.3 Å². The molecule has 9 heteroatoms. The number of anilines is 2. The molecular formula is C23H20Cl2N4O3. The van der Waals surface area contributed by atoms with E-state index in [9.17, 15) is 14.7 Å². The second-order valence-corrected chi connectivity index (χ2v) is 7.61. The number of carbonyl (C=O) groups is 2. The van der Waals surface area contributed by atoms with E-state index in [0.29, 0.717) is 5.95 Å². The number of carbonyl (C=O) groups excluding carboxylic acids is 1. The fourth-order valence-corrected chi connectivity index (χ4v) is 3.46. The van der Waals surface area contributed by atoms with Gasteiger partial charge in [-0.3, -0.25) is 4.79 Å². The molecule has 2 aromatic carbocycles. The Morgan fingerprint density at radius 1 is 1.06 bits per heavy atom. The van der Waals surface area contributed by atoms with Crippen molar-refractivity contribution in [3.8, 4) is 0 Å². The van der Waals surface area contributed by atoms with E-state index in [0.717, 1.165) is 11.3 Å². The van der Waals surface area contributed by atoms with Crippen LogP contribution in [0.4, 0.5) is 11.6 Å². The Kier molecular flexibility index (Phi) is 7.81. The number of benzene rings is 2. The van der Waals surface area contributed by atoms with E-state index in [1.54, 1.807) is 36.7 Å². The number of nitrogens with one attached hydrogen (secondary N) is 1. The number of aromatic nitrogens is 2. The summed E-state index contributed by atoms with van der Waals surface area (Å²) in [5.41, 5.74) is 1.83. The fourth-order valence-electron chi connectivity index (χ4n) is 2.90. The quantitative estimate of drug-likeness (QED) is 0.488. The van der Waals surface area contributed by atoms with Gasteiger partial charge < -0.3 is 15.3 Å². The van der Waals surface area contributed by atoms with Crippen LogP contribution in [-0.2, 0) is 4.79 Å². The number of carboxylic acid groups (broad SMARTS) is 1. The Hall–Kier alpha value is -3.42. The maximum Gasteiger partial charge on any atom is 0.326 e. The van der Waals surface area contributed by atoms with Crippen LogP contribution in [-0.4, -0.2) is 40.0 Å². The largest absolute Gasteiger partial charge is 0.480 e. The van der Waals surface area contributed by atoms with Crippen LogP contribution in [0.1, 0.15) is 22.3 Å². The number of aliphatic carboxylic acids is 1. The zero-order valence-electron chi connectivity index (χ0n) is 17.1. The zero-order chi connectivity index (χ0) is 23.1. The van der Waals surface area contributed by atoms with Crippen LogP contribution < -0.4 is 10.2 Å². The van der Waals surface area contributed by atoms with Crippen molar-refractivity contribution < 1.29 is 14.7 Å². The molecule has 1 aromatic heterocycles. The van der Waals surface area contributed by atoms with Gasteiger partial charge in [-0.2, -0.15) is 0 Å². The standard InChI is InChI=1S/C23H20Cl2N4O3/c1-29(23-26-13-4-14-27-23)16-11-9-15(10-12-16)5-2-8-19(22(31)32)28-21(30)20-17(24)6-3-7-18(20)25/h2-7,9-14,19H,8H2,1H3,(H,28,30)(H,31,32)/t19-/m0/s1. The van der Waals surface area contributed by atoms with E-state index in [1.807, 2.05) is 36.2 Å². The van der Waals surface area contributed by atoms with E-state index in [1.165, 1.54) is 12.1 Å². The minimum Gasteiger partial charge on any atom is -0.480 e. The van der Waals surface area contributed by atoms with Gasteiger partial charge in [0, 0.05) is 25.1 Å². The van der Waals surface area contributed by atoms with Gasteiger partial charge in [0.2, 0.25) is 5.95 Å². The average Bonchev–Trinajstić information content (AvgIpc) is 2.78. The van der Waals surface area contributed by atoms with Gasteiger partial charge in [-0.25, -0.2) is 14.8 Å². The van der Waals surface area contributed by atoms with Gasteiger partial charge in [0.1, 0.15) is 6.04 Å². The summed E-state index contributed by atoms with van der Waals surface area (Å²) in [6, 6.07) is 12.9. The Morgan fingerprint density at radius 3 is 2.28 bits per heavy atom. The molecular weight excluding hydrogens is 451 g/mol. The van der Waals surface area contributed by atoms with Crippen molar-refractivity contribution in [1.29, 1.82) is 0 Å². The van der Waals surface area contributed by atoms with E-state index < -0.39 is 17.9 Å². The summed E-state index contributed by atoms with van der Waals surface area (Å²) in [6.07, 6.45) is 6.91. The topological polar surface area (TPSA) is 95.4 Å². The normalized spacial score (nSPS) is 11.8. The molecule has 0 saturated carbocycles. The average molecular weight is 471 g/mol. The van der Waals surface area contributed by atoms with Crippen molar-refractivity contribution in [2.45, 2.75) is 12.5 Å². The van der Waals surface area contributed by atoms with Crippen molar-refractivity contribution in [2.75, 3.05) is 11.9 Å². The molecule has 0 aliphatic rings. The zero-order valence-corrected chi connectivity index (χ0v) is 18.6.